The molecule has 1 aliphatic heterocycles. The van der Waals surface area contributed by atoms with E-state index in [-0.39, 0.29) is 46.1 Å². The molecule has 8 atom stereocenters. The monoisotopic (exact) mass is 621 g/mol. The van der Waals surface area contributed by atoms with Gasteiger partial charge in [-0.1, -0.05) is 86.7 Å². The van der Waals surface area contributed by atoms with Crippen molar-refractivity contribution in [2.24, 2.45) is 33.5 Å². The third-order valence-electron chi connectivity index (χ3n) is 13.9. The summed E-state index contributed by atoms with van der Waals surface area (Å²) in [6, 6.07) is 18.3. The minimum Gasteiger partial charge on any atom is -0.440 e. The van der Waals surface area contributed by atoms with Crippen molar-refractivity contribution < 1.29 is 24.2 Å². The maximum atomic E-state index is 15.3. The van der Waals surface area contributed by atoms with E-state index >= 15 is 4.79 Å². The van der Waals surface area contributed by atoms with Crippen LogP contribution in [0.25, 0.3) is 11.1 Å². The van der Waals surface area contributed by atoms with Crippen LogP contribution >= 0.6 is 0 Å². The zero-order valence-corrected chi connectivity index (χ0v) is 27.5. The van der Waals surface area contributed by atoms with Crippen LogP contribution in [0.3, 0.4) is 0 Å². The van der Waals surface area contributed by atoms with Crippen LogP contribution in [0.5, 0.6) is 0 Å². The number of hydrogen-bond acceptors (Lipinski definition) is 5. The maximum Gasteiger partial charge on any atom is 0.410 e. The van der Waals surface area contributed by atoms with Crippen LogP contribution in [-0.2, 0) is 9.47 Å². The second kappa shape index (κ2) is 10.4. The van der Waals surface area contributed by atoms with Gasteiger partial charge in [-0.25, -0.2) is 4.79 Å². The van der Waals surface area contributed by atoms with Crippen LogP contribution in [0.1, 0.15) is 75.6 Å². The van der Waals surface area contributed by atoms with Gasteiger partial charge >= 0.3 is 6.09 Å². The van der Waals surface area contributed by atoms with Gasteiger partial charge in [-0.3, -0.25) is 4.79 Å². The molecule has 2 aromatic carbocycles. The number of carbonyl (C=O) groups is 2. The summed E-state index contributed by atoms with van der Waals surface area (Å²) < 4.78 is 11.8. The predicted molar refractivity (Wildman–Crippen MR) is 177 cm³/mol. The number of ether oxygens (including phenoxy) is 2. The summed E-state index contributed by atoms with van der Waals surface area (Å²) in [4.78, 5) is 30.5. The first kappa shape index (κ1) is 30.1. The normalized spacial score (nSPS) is 40.3. The highest BCUT2D eigenvalue weighted by atomic mass is 16.6. The quantitative estimate of drug-likeness (QED) is 0.196. The highest BCUT2D eigenvalue weighted by Crippen LogP contribution is 2.79. The Hall–Kier alpha value is -3.22. The minimum absolute atomic E-state index is 0.0562. The molecule has 0 unspecified atom stereocenters. The number of nitrogens with zero attached hydrogens (tertiary/aromatic N) is 1. The number of aliphatic hydroxyl groups is 1. The smallest absolute Gasteiger partial charge is 0.410 e. The second-order valence-corrected chi connectivity index (χ2v) is 15.6. The van der Waals surface area contributed by atoms with Crippen LogP contribution in [0.15, 0.2) is 78.4 Å². The first-order valence-electron chi connectivity index (χ1n) is 17.4. The molecule has 2 aromatic rings. The number of ketones is 1. The number of benzene rings is 2. The van der Waals surface area contributed by atoms with Crippen LogP contribution in [-0.4, -0.2) is 60.4 Å². The number of hydrogen-bond donors (Lipinski definition) is 1. The lowest BCUT2D eigenvalue weighted by Crippen LogP contribution is -2.67. The summed E-state index contributed by atoms with van der Waals surface area (Å²) in [5, 5.41) is 11.1. The molecule has 9 rings (SSSR count). The highest BCUT2D eigenvalue weighted by molar-refractivity contribution is 6.14. The van der Waals surface area contributed by atoms with E-state index in [9.17, 15) is 9.90 Å². The van der Waals surface area contributed by atoms with Gasteiger partial charge in [0.15, 0.2) is 5.78 Å². The number of allylic oxidation sites excluding steroid dienone is 4. The summed E-state index contributed by atoms with van der Waals surface area (Å²) in [6.45, 7) is 6.65. The van der Waals surface area contributed by atoms with Crippen LogP contribution < -0.4 is 0 Å². The molecular formula is C40H47NO5. The Morgan fingerprint density at radius 1 is 0.957 bits per heavy atom. The molecule has 46 heavy (non-hydrogen) atoms. The lowest BCUT2D eigenvalue weighted by molar-refractivity contribution is -0.164. The van der Waals surface area contributed by atoms with Crippen molar-refractivity contribution in [3.8, 4) is 11.1 Å². The van der Waals surface area contributed by atoms with Gasteiger partial charge < -0.3 is 19.5 Å². The Morgan fingerprint density at radius 2 is 1.67 bits per heavy atom. The van der Waals surface area contributed by atoms with Crippen molar-refractivity contribution >= 4 is 11.9 Å². The number of aliphatic hydroxyl groups excluding tert-OH is 1. The maximum absolute atomic E-state index is 15.3. The van der Waals surface area contributed by atoms with E-state index in [4.69, 9.17) is 9.47 Å². The molecule has 6 heteroatoms. The zero-order chi connectivity index (χ0) is 32.0. The molecule has 7 aliphatic rings. The average Bonchev–Trinajstić information content (AvgIpc) is 3.55. The van der Waals surface area contributed by atoms with Crippen LogP contribution in [0, 0.1) is 33.5 Å². The molecule has 1 N–H and O–H groups in total. The van der Waals surface area contributed by atoms with Gasteiger partial charge in [-0.05, 0) is 79.7 Å². The van der Waals surface area contributed by atoms with Gasteiger partial charge in [0, 0.05) is 47.6 Å². The number of carbonyl (C=O) groups excluding carboxylic acids is 2. The van der Waals surface area contributed by atoms with E-state index in [2.05, 4.69) is 50.3 Å². The van der Waals surface area contributed by atoms with E-state index in [0.29, 0.717) is 26.1 Å². The molecule has 1 amide bonds. The third kappa shape index (κ3) is 3.83. The summed E-state index contributed by atoms with van der Waals surface area (Å²) in [5.74, 6) is 0.529. The van der Waals surface area contributed by atoms with Gasteiger partial charge in [0.1, 0.15) is 5.60 Å². The fourth-order valence-corrected chi connectivity index (χ4v) is 11.7. The van der Waals surface area contributed by atoms with Crippen molar-refractivity contribution in [1.29, 1.82) is 0 Å². The molecule has 1 heterocycles. The van der Waals surface area contributed by atoms with E-state index < -0.39 is 11.0 Å². The average molecular weight is 622 g/mol. The largest absolute Gasteiger partial charge is 0.440 e. The van der Waals surface area contributed by atoms with Crippen LogP contribution in [0.4, 0.5) is 4.79 Å². The van der Waals surface area contributed by atoms with Gasteiger partial charge in [0.2, 0.25) is 0 Å². The number of methoxy groups -OCH3 is 1. The molecule has 1 saturated heterocycles. The Balaban J connectivity index is 1.26. The fourth-order valence-electron chi connectivity index (χ4n) is 11.7. The topological polar surface area (TPSA) is 76.1 Å². The standard InChI is InChI=1S/C40H47NO5/c1-36-17-14-28(42)24-38(36)20-21-40(31(25-38)34(43)30-13-8-7-12-29(30)27-10-5-4-6-11-27)32(36)15-18-37(2)33(40)16-19-39(37)26-41(35(44)46-39)22-9-23-45-3/h4-8,10-13,20-21,25,28,32-33,42H,9,14-19,22-24,26H2,1-3H3/t28-,32+,33+,36+,37-,38-,39+,40+/m0/s1. The van der Waals surface area contributed by atoms with Crippen molar-refractivity contribution in [1.82, 2.24) is 4.90 Å². The van der Waals surface area contributed by atoms with Crippen molar-refractivity contribution in [2.45, 2.75) is 76.9 Å². The number of rotatable bonds is 7. The molecule has 6 nitrogen and oxygen atoms in total. The summed E-state index contributed by atoms with van der Waals surface area (Å²) in [7, 11) is 1.69. The van der Waals surface area contributed by atoms with E-state index in [1.165, 1.54) is 0 Å². The predicted octanol–water partition coefficient (Wildman–Crippen LogP) is 7.62. The van der Waals surface area contributed by atoms with Crippen molar-refractivity contribution in [3.05, 3.63) is 84.0 Å². The van der Waals surface area contributed by atoms with Gasteiger partial charge in [-0.15, -0.1) is 0 Å². The lowest BCUT2D eigenvalue weighted by Gasteiger charge is -2.71. The third-order valence-corrected chi connectivity index (χ3v) is 13.9. The lowest BCUT2D eigenvalue weighted by atomic mass is 9.32. The number of fused-ring (bicyclic) bond motifs is 2. The van der Waals surface area contributed by atoms with E-state index in [1.54, 1.807) is 7.11 Å². The Kier molecular flexibility index (Phi) is 6.81. The van der Waals surface area contributed by atoms with Gasteiger partial charge in [-0.2, -0.15) is 0 Å². The fraction of sp³-hybridized carbons (Fsp3) is 0.550. The van der Waals surface area contributed by atoms with Crippen LogP contribution in [0.2, 0.25) is 0 Å². The first-order valence-corrected chi connectivity index (χ1v) is 17.4. The molecule has 0 radical (unpaired) electrons. The van der Waals surface area contributed by atoms with E-state index in [1.807, 2.05) is 41.3 Å². The van der Waals surface area contributed by atoms with Gasteiger partial charge in [0.25, 0.3) is 0 Å². The SMILES string of the molecule is COCCCN1C[C@@]2(CC[C@H]3[C@]45C=C[C@@]6(C=C4C(=O)c4ccccc4-c4ccccc4)C[C@@H](O)CC[C@]6(C)[C@H]5CC[C@@]32C)OC1=O. The van der Waals surface area contributed by atoms with Crippen molar-refractivity contribution in [3.63, 3.8) is 0 Å². The Bertz CT molecular complexity index is 1630. The molecule has 3 spiro atoms. The molecule has 242 valence electrons. The summed E-state index contributed by atoms with van der Waals surface area (Å²) >= 11 is 0. The number of Topliss-reactive ketones (excluding diaryl/α,β-unsaturated/α-hetero) is 1. The molecule has 6 aliphatic carbocycles. The van der Waals surface area contributed by atoms with Crippen molar-refractivity contribution in [2.75, 3.05) is 26.8 Å². The molecular weight excluding hydrogens is 574 g/mol. The van der Waals surface area contributed by atoms with E-state index in [0.717, 1.165) is 67.2 Å². The molecule has 3 saturated carbocycles. The molecule has 4 fully saturated rings. The van der Waals surface area contributed by atoms with Gasteiger partial charge in [0.05, 0.1) is 12.6 Å². The zero-order valence-electron chi connectivity index (χ0n) is 27.5. The Morgan fingerprint density at radius 3 is 2.48 bits per heavy atom. The first-order chi connectivity index (χ1) is 22.1. The summed E-state index contributed by atoms with van der Waals surface area (Å²) in [5.41, 5.74) is 1.91. The highest BCUT2D eigenvalue weighted by Gasteiger charge is 2.76. The summed E-state index contributed by atoms with van der Waals surface area (Å²) in [6.07, 6.45) is 13.4. The Labute approximate surface area is 272 Å². The minimum atomic E-state index is -0.568. The number of amides is 1. The molecule has 2 bridgehead atoms. The molecule has 0 aromatic heterocycles. The second-order valence-electron chi connectivity index (χ2n) is 15.6.